The molecule has 0 spiro atoms. The highest BCUT2D eigenvalue weighted by molar-refractivity contribution is 9.24. The number of carbonyl (C=O) groups excluding carboxylic acids is 1. The van der Waals surface area contributed by atoms with Crippen molar-refractivity contribution in [2.75, 3.05) is 0 Å². The van der Waals surface area contributed by atoms with Gasteiger partial charge in [-0.15, -0.1) is 0 Å². The monoisotopic (exact) mass is 436 g/mol. The third-order valence-electron chi connectivity index (χ3n) is 4.06. The molecule has 21 heavy (non-hydrogen) atoms. The van der Waals surface area contributed by atoms with Gasteiger partial charge in [0.05, 0.1) is 14.9 Å². The molecule has 0 saturated carbocycles. The third kappa shape index (κ3) is 3.40. The average molecular weight is 438 g/mol. The van der Waals surface area contributed by atoms with Gasteiger partial charge in [-0.1, -0.05) is 44.0 Å². The number of carbonyl (C=O) groups is 1. The second kappa shape index (κ2) is 5.97. The van der Waals surface area contributed by atoms with Crippen molar-refractivity contribution in [2.24, 2.45) is 0 Å². The zero-order chi connectivity index (χ0) is 16.0. The minimum absolute atomic E-state index is 0.130. The summed E-state index contributed by atoms with van der Waals surface area (Å²) < 4.78 is 12.0. The smallest absolute Gasteiger partial charge is 0.399 e. The molecule has 1 aliphatic rings. The van der Waals surface area contributed by atoms with Crippen molar-refractivity contribution in [3.05, 3.63) is 29.3 Å². The SMILES string of the molecule is CC1(C)OB(c2ccc(C(=O)Cl)cc2C(Br)Br)OC1(C)C. The van der Waals surface area contributed by atoms with Gasteiger partial charge >= 0.3 is 7.12 Å². The van der Waals surface area contributed by atoms with Gasteiger partial charge in [0.1, 0.15) is 0 Å². The van der Waals surface area contributed by atoms with Gasteiger partial charge in [0.2, 0.25) is 0 Å². The van der Waals surface area contributed by atoms with Crippen molar-refractivity contribution >= 4 is 61.3 Å². The molecule has 114 valence electrons. The molecule has 1 fully saturated rings. The van der Waals surface area contributed by atoms with E-state index in [0.29, 0.717) is 5.56 Å². The second-order valence-electron chi connectivity index (χ2n) is 6.01. The Kier molecular flexibility index (Phi) is 4.97. The fraction of sp³-hybridized carbons (Fsp3) is 0.500. The number of hydrogen-bond acceptors (Lipinski definition) is 3. The summed E-state index contributed by atoms with van der Waals surface area (Å²) in [6.45, 7) is 8.01. The van der Waals surface area contributed by atoms with Gasteiger partial charge in [-0.05, 0) is 56.4 Å². The topological polar surface area (TPSA) is 35.5 Å². The maximum Gasteiger partial charge on any atom is 0.495 e. The van der Waals surface area contributed by atoms with E-state index >= 15 is 0 Å². The lowest BCUT2D eigenvalue weighted by molar-refractivity contribution is 0.00578. The van der Waals surface area contributed by atoms with Gasteiger partial charge in [0.15, 0.2) is 0 Å². The van der Waals surface area contributed by atoms with Crippen LogP contribution in [0.5, 0.6) is 0 Å². The lowest BCUT2D eigenvalue weighted by Gasteiger charge is -2.32. The van der Waals surface area contributed by atoms with Gasteiger partial charge in [-0.2, -0.15) is 0 Å². The molecule has 0 radical (unpaired) electrons. The molecule has 0 aliphatic carbocycles. The molecule has 2 rings (SSSR count). The molecule has 0 amide bonds. The van der Waals surface area contributed by atoms with Gasteiger partial charge in [0.25, 0.3) is 5.24 Å². The number of benzene rings is 1. The summed E-state index contributed by atoms with van der Waals surface area (Å²) in [6, 6.07) is 5.24. The summed E-state index contributed by atoms with van der Waals surface area (Å²) in [4.78, 5) is 11.3. The van der Waals surface area contributed by atoms with E-state index in [1.807, 2.05) is 33.8 Å². The van der Waals surface area contributed by atoms with Crippen molar-refractivity contribution in [3.63, 3.8) is 0 Å². The molecule has 1 aromatic rings. The number of alkyl halides is 2. The Morgan fingerprint density at radius 3 is 2.14 bits per heavy atom. The van der Waals surface area contributed by atoms with E-state index in [-0.39, 0.29) is 3.74 Å². The summed E-state index contributed by atoms with van der Waals surface area (Å²) in [5, 5.41) is -0.489. The highest BCUT2D eigenvalue weighted by Crippen LogP contribution is 2.38. The molecule has 0 atom stereocenters. The maximum atomic E-state index is 11.3. The van der Waals surface area contributed by atoms with Crippen LogP contribution in [-0.2, 0) is 9.31 Å². The largest absolute Gasteiger partial charge is 0.495 e. The average Bonchev–Trinajstić information content (AvgIpc) is 2.57. The van der Waals surface area contributed by atoms with Crippen LogP contribution in [0.3, 0.4) is 0 Å². The Morgan fingerprint density at radius 2 is 1.71 bits per heavy atom. The minimum Gasteiger partial charge on any atom is -0.399 e. The molecule has 7 heteroatoms. The van der Waals surface area contributed by atoms with Crippen LogP contribution < -0.4 is 5.46 Å². The van der Waals surface area contributed by atoms with E-state index in [1.54, 1.807) is 12.1 Å². The van der Waals surface area contributed by atoms with Crippen molar-refractivity contribution in [1.82, 2.24) is 0 Å². The Labute approximate surface area is 147 Å². The first-order valence-corrected chi connectivity index (χ1v) is 8.73. The Hall–Kier alpha value is 0.125. The summed E-state index contributed by atoms with van der Waals surface area (Å²) in [6.07, 6.45) is 0. The summed E-state index contributed by atoms with van der Waals surface area (Å²) in [5.74, 6) is 0. The highest BCUT2D eigenvalue weighted by Gasteiger charge is 2.52. The standard InChI is InChI=1S/C14H16BBr2ClO3/c1-13(2)14(3,4)21-15(20-13)10-6-5-8(12(18)19)7-9(10)11(16)17/h5-7,11H,1-4H3. The summed E-state index contributed by atoms with van der Waals surface area (Å²) in [7, 11) is -0.484. The van der Waals surface area contributed by atoms with Gasteiger partial charge in [-0.25, -0.2) is 0 Å². The molecule has 0 bridgehead atoms. The Morgan fingerprint density at radius 1 is 1.19 bits per heavy atom. The van der Waals surface area contributed by atoms with Crippen LogP contribution in [0.15, 0.2) is 18.2 Å². The van der Waals surface area contributed by atoms with Crippen LogP contribution in [0.25, 0.3) is 0 Å². The fourth-order valence-corrected chi connectivity index (χ4v) is 2.98. The molecule has 0 N–H and O–H groups in total. The first-order valence-electron chi connectivity index (χ1n) is 6.52. The van der Waals surface area contributed by atoms with Gasteiger partial charge in [-0.3, -0.25) is 4.79 Å². The first kappa shape index (κ1) is 17.5. The van der Waals surface area contributed by atoms with Gasteiger partial charge in [0, 0.05) is 5.56 Å². The zero-order valence-corrected chi connectivity index (χ0v) is 16.2. The van der Waals surface area contributed by atoms with E-state index < -0.39 is 23.6 Å². The van der Waals surface area contributed by atoms with Crippen molar-refractivity contribution in [1.29, 1.82) is 0 Å². The molecule has 3 nitrogen and oxygen atoms in total. The van der Waals surface area contributed by atoms with Crippen molar-refractivity contribution in [3.8, 4) is 0 Å². The van der Waals surface area contributed by atoms with Crippen LogP contribution in [0, 0.1) is 0 Å². The molecule has 0 unspecified atom stereocenters. The van der Waals surface area contributed by atoms with Crippen LogP contribution in [0.4, 0.5) is 0 Å². The molecule has 1 saturated heterocycles. The van der Waals surface area contributed by atoms with Crippen molar-refractivity contribution < 1.29 is 14.1 Å². The predicted molar refractivity (Wildman–Crippen MR) is 92.9 cm³/mol. The fourth-order valence-electron chi connectivity index (χ4n) is 2.07. The molecule has 1 aromatic carbocycles. The van der Waals surface area contributed by atoms with Crippen LogP contribution >= 0.6 is 43.5 Å². The summed E-state index contributed by atoms with van der Waals surface area (Å²) >= 11 is 12.5. The quantitative estimate of drug-likeness (QED) is 0.404. The lowest BCUT2D eigenvalue weighted by atomic mass is 9.76. The number of hydrogen-bond donors (Lipinski definition) is 0. The third-order valence-corrected chi connectivity index (χ3v) is 5.26. The molecule has 1 aliphatic heterocycles. The summed E-state index contributed by atoms with van der Waals surface area (Å²) in [5.41, 5.74) is 1.35. The van der Waals surface area contributed by atoms with Gasteiger partial charge < -0.3 is 9.31 Å². The maximum absolute atomic E-state index is 11.3. The molecule has 1 heterocycles. The minimum atomic E-state index is -0.489. The number of rotatable bonds is 3. The van der Waals surface area contributed by atoms with Crippen LogP contribution in [0.1, 0.15) is 47.4 Å². The Bertz CT molecular complexity index is 559. The zero-order valence-electron chi connectivity index (χ0n) is 12.2. The molecule has 0 aromatic heterocycles. The normalized spacial score (nSPS) is 20.1. The first-order chi connectivity index (χ1) is 9.55. The van der Waals surface area contributed by atoms with E-state index in [4.69, 9.17) is 20.9 Å². The van der Waals surface area contributed by atoms with E-state index in [2.05, 4.69) is 31.9 Å². The number of halogens is 3. The van der Waals surface area contributed by atoms with Crippen LogP contribution in [0.2, 0.25) is 0 Å². The van der Waals surface area contributed by atoms with E-state index in [9.17, 15) is 4.79 Å². The lowest BCUT2D eigenvalue weighted by Crippen LogP contribution is -2.41. The van der Waals surface area contributed by atoms with Crippen molar-refractivity contribution in [2.45, 2.75) is 42.6 Å². The predicted octanol–water partition coefficient (Wildman–Crippen LogP) is 4.15. The van der Waals surface area contributed by atoms with Crippen LogP contribution in [-0.4, -0.2) is 23.6 Å². The highest BCUT2D eigenvalue weighted by atomic mass is 79.9. The second-order valence-corrected chi connectivity index (χ2v) is 9.41. The Balaban J connectivity index is 2.44. The van der Waals surface area contributed by atoms with E-state index in [0.717, 1.165) is 11.0 Å². The molecular formula is C14H16BBr2ClO3. The molecular weight excluding hydrogens is 422 g/mol. The van der Waals surface area contributed by atoms with E-state index in [1.165, 1.54) is 0 Å².